The third-order valence-electron chi connectivity index (χ3n) is 6.54. The summed E-state index contributed by atoms with van der Waals surface area (Å²) in [5.74, 6) is -0.601. The number of rotatable bonds is 11. The number of pyridine rings is 1. The lowest BCUT2D eigenvalue weighted by molar-refractivity contribution is -0.123. The van der Waals surface area contributed by atoms with Crippen molar-refractivity contribution in [3.8, 4) is 5.75 Å². The van der Waals surface area contributed by atoms with Crippen molar-refractivity contribution in [2.75, 3.05) is 12.4 Å². The van der Waals surface area contributed by atoms with E-state index >= 15 is 0 Å². The van der Waals surface area contributed by atoms with Crippen molar-refractivity contribution in [3.05, 3.63) is 39.8 Å². The Hall–Kier alpha value is -3.14. The molecule has 9 nitrogen and oxygen atoms in total. The summed E-state index contributed by atoms with van der Waals surface area (Å²) < 4.78 is 5.17. The summed E-state index contributed by atoms with van der Waals surface area (Å²) >= 11 is 1.31. The summed E-state index contributed by atoms with van der Waals surface area (Å²) in [4.78, 5) is 42.7. The van der Waals surface area contributed by atoms with Gasteiger partial charge in [-0.25, -0.2) is 9.78 Å². The quantitative estimate of drug-likeness (QED) is 0.367. The number of ether oxygens (including phenoxy) is 1. The average Bonchev–Trinajstić information content (AvgIpc) is 3.28. The smallest absolute Gasteiger partial charge is 0.356 e. The molecule has 0 radical (unpaired) electrons. The highest BCUT2D eigenvalue weighted by atomic mass is 32.1. The molecular weight excluding hydrogens is 468 g/mol. The van der Waals surface area contributed by atoms with Gasteiger partial charge in [0.15, 0.2) is 5.69 Å². The van der Waals surface area contributed by atoms with Gasteiger partial charge in [-0.05, 0) is 44.2 Å². The van der Waals surface area contributed by atoms with Crippen LogP contribution in [0.25, 0.3) is 0 Å². The number of hydrogen-bond donors (Lipinski definition) is 4. The van der Waals surface area contributed by atoms with Crippen LogP contribution in [0.1, 0.15) is 82.9 Å². The largest absolute Gasteiger partial charge is 0.495 e. The number of nitrogens with zero attached hydrogens (tertiary/aromatic N) is 1. The predicted molar refractivity (Wildman–Crippen MR) is 133 cm³/mol. The molecule has 10 heteroatoms. The molecule has 4 N–H and O–H groups in total. The summed E-state index contributed by atoms with van der Waals surface area (Å²) in [6, 6.07) is 4.59. The Labute approximate surface area is 208 Å². The number of methoxy groups -OCH3 is 1. The Bertz CT molecular complexity index is 1080. The van der Waals surface area contributed by atoms with Crippen molar-refractivity contribution in [1.82, 2.24) is 15.6 Å². The third kappa shape index (κ3) is 6.50. The van der Waals surface area contributed by atoms with Crippen molar-refractivity contribution < 1.29 is 24.2 Å². The first-order chi connectivity index (χ1) is 16.8. The highest BCUT2D eigenvalue weighted by molar-refractivity contribution is 7.14. The maximum absolute atomic E-state index is 13.1. The van der Waals surface area contributed by atoms with Crippen LogP contribution in [0.5, 0.6) is 5.75 Å². The molecule has 2 aromatic rings. The Morgan fingerprint density at radius 1 is 1.20 bits per heavy atom. The molecule has 0 aliphatic heterocycles. The number of aromatic nitrogens is 1. The minimum atomic E-state index is -1.15. The first-order valence-electron chi connectivity index (χ1n) is 12.1. The van der Waals surface area contributed by atoms with Gasteiger partial charge in [-0.2, -0.15) is 0 Å². The van der Waals surface area contributed by atoms with Crippen LogP contribution in [0.2, 0.25) is 0 Å². The van der Waals surface area contributed by atoms with E-state index in [1.165, 1.54) is 37.5 Å². The zero-order valence-corrected chi connectivity index (χ0v) is 20.8. The topological polar surface area (TPSA) is 130 Å². The average molecular weight is 501 g/mol. The van der Waals surface area contributed by atoms with Crippen LogP contribution in [0, 0.1) is 5.92 Å². The van der Waals surface area contributed by atoms with E-state index in [1.54, 1.807) is 12.1 Å². The van der Waals surface area contributed by atoms with Crippen molar-refractivity contribution in [2.45, 2.75) is 70.0 Å². The van der Waals surface area contributed by atoms with E-state index in [0.717, 1.165) is 30.6 Å². The molecular formula is C25H32N4O5S. The summed E-state index contributed by atoms with van der Waals surface area (Å²) in [6.45, 7) is 1.88. The van der Waals surface area contributed by atoms with Crippen molar-refractivity contribution in [2.24, 2.45) is 5.92 Å². The zero-order valence-electron chi connectivity index (χ0n) is 20.0. The van der Waals surface area contributed by atoms with Crippen molar-refractivity contribution in [1.29, 1.82) is 0 Å². The number of aromatic carboxylic acids is 1. The van der Waals surface area contributed by atoms with Crippen molar-refractivity contribution >= 4 is 34.8 Å². The number of anilines is 1. The van der Waals surface area contributed by atoms with Gasteiger partial charge in [0.2, 0.25) is 5.91 Å². The second-order valence-electron chi connectivity index (χ2n) is 9.34. The molecule has 35 heavy (non-hydrogen) atoms. The van der Waals surface area contributed by atoms with Gasteiger partial charge in [0.05, 0.1) is 29.9 Å². The van der Waals surface area contributed by atoms with E-state index < -0.39 is 12.0 Å². The molecule has 0 bridgehead atoms. The standard InChI is InChI=1S/C25H32N4O5S/c1-14(27-18-12-17(34-2)13-26-22(18)25(32)33)20-9-10-21(35-20)24(31)29-19(11-15-5-3-4-6-15)23(30)28-16-7-8-16/h9-10,12-16,19,27H,3-8,11H2,1-2H3,(H,28,30)(H,29,31)(H,32,33). The summed E-state index contributed by atoms with van der Waals surface area (Å²) in [7, 11) is 1.49. The summed E-state index contributed by atoms with van der Waals surface area (Å²) in [5, 5.41) is 18.6. The molecule has 2 amide bonds. The minimum Gasteiger partial charge on any atom is -0.495 e. The maximum atomic E-state index is 13.1. The maximum Gasteiger partial charge on any atom is 0.356 e. The van der Waals surface area contributed by atoms with Gasteiger partial charge in [-0.3, -0.25) is 9.59 Å². The molecule has 2 aliphatic carbocycles. The number of amides is 2. The lowest BCUT2D eigenvalue weighted by Gasteiger charge is -2.21. The zero-order chi connectivity index (χ0) is 24.9. The van der Waals surface area contributed by atoms with Gasteiger partial charge >= 0.3 is 5.97 Å². The van der Waals surface area contributed by atoms with E-state index in [1.807, 2.05) is 13.0 Å². The number of carbonyl (C=O) groups is 3. The molecule has 2 atom stereocenters. The van der Waals surface area contributed by atoms with Gasteiger partial charge in [0, 0.05) is 17.0 Å². The van der Waals surface area contributed by atoms with Crippen LogP contribution in [0.3, 0.4) is 0 Å². The molecule has 2 aromatic heterocycles. The molecule has 0 spiro atoms. The van der Waals surface area contributed by atoms with Crippen LogP contribution in [-0.4, -0.2) is 47.1 Å². The summed E-state index contributed by atoms with van der Waals surface area (Å²) in [5.41, 5.74) is 0.223. The van der Waals surface area contributed by atoms with E-state index in [0.29, 0.717) is 28.7 Å². The number of hydrogen-bond acceptors (Lipinski definition) is 7. The second kappa shape index (κ2) is 11.1. The van der Waals surface area contributed by atoms with Crippen LogP contribution in [0.4, 0.5) is 5.69 Å². The Morgan fingerprint density at radius 3 is 2.60 bits per heavy atom. The molecule has 2 aliphatic rings. The Kier molecular flexibility index (Phi) is 7.90. The molecule has 188 valence electrons. The predicted octanol–water partition coefficient (Wildman–Crippen LogP) is 3.98. The number of carboxylic acids is 1. The first kappa shape index (κ1) is 25.0. The fraction of sp³-hybridized carbons (Fsp3) is 0.520. The minimum absolute atomic E-state index is 0.0914. The fourth-order valence-electron chi connectivity index (χ4n) is 4.42. The second-order valence-corrected chi connectivity index (χ2v) is 10.5. The van der Waals surface area contributed by atoms with E-state index in [-0.39, 0.29) is 29.6 Å². The molecule has 2 fully saturated rings. The number of carboxylic acid groups (broad SMARTS) is 1. The molecule has 2 unspecified atom stereocenters. The first-order valence-corrected chi connectivity index (χ1v) is 12.9. The lowest BCUT2D eigenvalue weighted by Crippen LogP contribution is -2.48. The monoisotopic (exact) mass is 500 g/mol. The molecule has 2 heterocycles. The van der Waals surface area contributed by atoms with Gasteiger partial charge in [-0.15, -0.1) is 11.3 Å². The fourth-order valence-corrected chi connectivity index (χ4v) is 5.33. The van der Waals surface area contributed by atoms with Gasteiger partial charge in [0.25, 0.3) is 5.91 Å². The SMILES string of the molecule is COc1cnc(C(=O)O)c(NC(C)c2ccc(C(=O)NC(CC3CCCC3)C(=O)NC3CC3)s2)c1. The highest BCUT2D eigenvalue weighted by Crippen LogP contribution is 2.31. The molecule has 2 saturated carbocycles. The Morgan fingerprint density at radius 2 is 1.94 bits per heavy atom. The normalized spacial score (nSPS) is 17.4. The Balaban J connectivity index is 1.43. The van der Waals surface area contributed by atoms with E-state index in [2.05, 4.69) is 20.9 Å². The van der Waals surface area contributed by atoms with Gasteiger partial charge in [0.1, 0.15) is 11.8 Å². The summed E-state index contributed by atoms with van der Waals surface area (Å²) in [6.07, 6.45) is 8.60. The van der Waals surface area contributed by atoms with E-state index in [9.17, 15) is 19.5 Å². The number of nitrogens with one attached hydrogen (secondary N) is 3. The third-order valence-corrected chi connectivity index (χ3v) is 7.81. The van der Waals surface area contributed by atoms with Crippen LogP contribution in [0.15, 0.2) is 24.4 Å². The molecule has 0 saturated heterocycles. The molecule has 0 aromatic carbocycles. The van der Waals surface area contributed by atoms with Gasteiger partial charge in [-0.1, -0.05) is 25.7 Å². The lowest BCUT2D eigenvalue weighted by atomic mass is 9.97. The van der Waals surface area contributed by atoms with Crippen LogP contribution in [-0.2, 0) is 4.79 Å². The number of carbonyl (C=O) groups excluding carboxylic acids is 2. The highest BCUT2D eigenvalue weighted by Gasteiger charge is 2.31. The van der Waals surface area contributed by atoms with E-state index in [4.69, 9.17) is 4.74 Å². The van der Waals surface area contributed by atoms with Crippen LogP contribution >= 0.6 is 11.3 Å². The molecule has 4 rings (SSSR count). The van der Waals surface area contributed by atoms with Crippen molar-refractivity contribution in [3.63, 3.8) is 0 Å². The van der Waals surface area contributed by atoms with Crippen LogP contribution < -0.4 is 20.7 Å². The number of thiophene rings is 1. The van der Waals surface area contributed by atoms with Gasteiger partial charge < -0.3 is 25.8 Å².